The minimum atomic E-state index is -0.482. The number of nitrogens with zero attached hydrogens (tertiary/aromatic N) is 2. The second-order valence-electron chi connectivity index (χ2n) is 5.28. The summed E-state index contributed by atoms with van der Waals surface area (Å²) in [6.45, 7) is 0.435. The fraction of sp³-hybridized carbons (Fsp3) is 0.0556. The molecule has 6 nitrogen and oxygen atoms in total. The van der Waals surface area contributed by atoms with Gasteiger partial charge in [-0.2, -0.15) is 10.2 Å². The molecule has 0 aliphatic heterocycles. The first kappa shape index (κ1) is 18.0. The van der Waals surface area contributed by atoms with Crippen LogP contribution in [0.15, 0.2) is 64.6 Å². The van der Waals surface area contributed by atoms with Crippen molar-refractivity contribution in [2.75, 3.05) is 5.43 Å². The SMILES string of the molecule is O=c1[nH]ncc(N/N=C/c2cccc(OCc3ccc(Cl)cc3)c2)c1Cl. The predicted octanol–water partition coefficient (Wildman–Crippen LogP) is 4.10. The fourth-order valence-electron chi connectivity index (χ4n) is 2.07. The summed E-state index contributed by atoms with van der Waals surface area (Å²) in [6.07, 6.45) is 2.97. The number of aromatic amines is 1. The van der Waals surface area contributed by atoms with Gasteiger partial charge in [-0.3, -0.25) is 10.2 Å². The molecule has 132 valence electrons. The second-order valence-corrected chi connectivity index (χ2v) is 6.10. The van der Waals surface area contributed by atoms with Gasteiger partial charge >= 0.3 is 0 Å². The van der Waals surface area contributed by atoms with Gasteiger partial charge in [-0.25, -0.2) is 5.10 Å². The largest absolute Gasteiger partial charge is 0.489 e. The van der Waals surface area contributed by atoms with Gasteiger partial charge in [0, 0.05) is 5.02 Å². The number of hydrogen-bond donors (Lipinski definition) is 2. The number of halogens is 2. The Kier molecular flexibility index (Phi) is 5.88. The normalized spacial score (nSPS) is 10.8. The summed E-state index contributed by atoms with van der Waals surface area (Å²) in [6, 6.07) is 14.9. The van der Waals surface area contributed by atoms with E-state index in [1.54, 1.807) is 6.21 Å². The molecule has 0 aliphatic rings. The Balaban J connectivity index is 1.62. The van der Waals surface area contributed by atoms with Gasteiger partial charge in [0.05, 0.1) is 12.4 Å². The van der Waals surface area contributed by atoms with Gasteiger partial charge in [0.1, 0.15) is 23.1 Å². The number of benzene rings is 2. The van der Waals surface area contributed by atoms with Crippen LogP contribution in [-0.4, -0.2) is 16.4 Å². The zero-order valence-electron chi connectivity index (χ0n) is 13.4. The van der Waals surface area contributed by atoms with Crippen LogP contribution in [0.25, 0.3) is 0 Å². The van der Waals surface area contributed by atoms with Crippen LogP contribution in [0.1, 0.15) is 11.1 Å². The van der Waals surface area contributed by atoms with Gasteiger partial charge in [0.2, 0.25) is 0 Å². The lowest BCUT2D eigenvalue weighted by molar-refractivity contribution is 0.306. The highest BCUT2D eigenvalue weighted by Gasteiger charge is 2.03. The lowest BCUT2D eigenvalue weighted by Gasteiger charge is -2.07. The van der Waals surface area contributed by atoms with Gasteiger partial charge < -0.3 is 4.74 Å². The van der Waals surface area contributed by atoms with Crippen LogP contribution in [0, 0.1) is 0 Å². The number of anilines is 1. The molecule has 0 amide bonds. The molecule has 0 bridgehead atoms. The molecule has 0 aliphatic carbocycles. The number of rotatable bonds is 6. The van der Waals surface area contributed by atoms with E-state index in [2.05, 4.69) is 20.7 Å². The van der Waals surface area contributed by atoms with Crippen molar-refractivity contribution in [2.45, 2.75) is 6.61 Å². The minimum Gasteiger partial charge on any atom is -0.489 e. The molecule has 2 N–H and O–H groups in total. The van der Waals surface area contributed by atoms with Crippen molar-refractivity contribution in [3.05, 3.63) is 86.3 Å². The molecule has 1 aromatic heterocycles. The summed E-state index contributed by atoms with van der Waals surface area (Å²) >= 11 is 11.7. The first-order valence-corrected chi connectivity index (χ1v) is 8.37. The molecular formula is C18H14Cl2N4O2. The van der Waals surface area contributed by atoms with E-state index in [1.165, 1.54) is 6.20 Å². The Labute approximate surface area is 159 Å². The van der Waals surface area contributed by atoms with Crippen LogP contribution in [-0.2, 0) is 6.61 Å². The molecule has 2 aromatic carbocycles. The van der Waals surface area contributed by atoms with E-state index in [0.29, 0.717) is 23.1 Å². The fourth-order valence-corrected chi connectivity index (χ4v) is 2.33. The standard InChI is InChI=1S/C18H14Cl2N4O2/c19-14-6-4-12(5-7-14)11-26-15-3-1-2-13(8-15)9-21-23-16-10-22-24-18(25)17(16)20/h1-10H,11H2,(H2,23,24,25)/b21-9+. The third-order valence-electron chi connectivity index (χ3n) is 3.37. The van der Waals surface area contributed by atoms with Crippen LogP contribution >= 0.6 is 23.2 Å². The molecule has 0 saturated heterocycles. The summed E-state index contributed by atoms with van der Waals surface area (Å²) in [5.41, 5.74) is 4.37. The van der Waals surface area contributed by atoms with Crippen molar-refractivity contribution in [2.24, 2.45) is 5.10 Å². The van der Waals surface area contributed by atoms with Crippen molar-refractivity contribution in [1.82, 2.24) is 10.2 Å². The lowest BCUT2D eigenvalue weighted by atomic mass is 10.2. The predicted molar refractivity (Wildman–Crippen MR) is 103 cm³/mol. The monoisotopic (exact) mass is 388 g/mol. The molecule has 0 fully saturated rings. The Morgan fingerprint density at radius 2 is 2.00 bits per heavy atom. The maximum absolute atomic E-state index is 11.4. The Hall–Kier alpha value is -2.83. The van der Waals surface area contributed by atoms with Crippen molar-refractivity contribution in [3.8, 4) is 5.75 Å². The van der Waals surface area contributed by atoms with Gasteiger partial charge in [0.15, 0.2) is 0 Å². The minimum absolute atomic E-state index is 0.00259. The molecule has 8 heteroatoms. The van der Waals surface area contributed by atoms with E-state index >= 15 is 0 Å². The number of hydrazone groups is 1. The Morgan fingerprint density at radius 1 is 1.19 bits per heavy atom. The highest BCUT2D eigenvalue weighted by molar-refractivity contribution is 6.32. The summed E-state index contributed by atoms with van der Waals surface area (Å²) in [5.74, 6) is 0.708. The van der Waals surface area contributed by atoms with Crippen LogP contribution in [0.5, 0.6) is 5.75 Å². The van der Waals surface area contributed by atoms with Crippen molar-refractivity contribution in [3.63, 3.8) is 0 Å². The van der Waals surface area contributed by atoms with Crippen molar-refractivity contribution < 1.29 is 4.74 Å². The third kappa shape index (κ3) is 4.84. The molecule has 0 radical (unpaired) electrons. The van der Waals surface area contributed by atoms with E-state index < -0.39 is 5.56 Å². The van der Waals surface area contributed by atoms with Crippen LogP contribution < -0.4 is 15.7 Å². The quantitative estimate of drug-likeness (QED) is 0.492. The molecule has 0 saturated carbocycles. The maximum Gasteiger partial charge on any atom is 0.285 e. The van der Waals surface area contributed by atoms with Crippen LogP contribution in [0.2, 0.25) is 10.0 Å². The molecule has 0 atom stereocenters. The van der Waals surface area contributed by atoms with Gasteiger partial charge in [0.25, 0.3) is 5.56 Å². The molecule has 26 heavy (non-hydrogen) atoms. The summed E-state index contributed by atoms with van der Waals surface area (Å²) < 4.78 is 5.77. The van der Waals surface area contributed by atoms with E-state index in [9.17, 15) is 4.79 Å². The summed E-state index contributed by atoms with van der Waals surface area (Å²) in [7, 11) is 0. The van der Waals surface area contributed by atoms with Crippen LogP contribution in [0.3, 0.4) is 0 Å². The van der Waals surface area contributed by atoms with Crippen molar-refractivity contribution >= 4 is 35.1 Å². The van der Waals surface area contributed by atoms with Crippen molar-refractivity contribution in [1.29, 1.82) is 0 Å². The van der Waals surface area contributed by atoms with Gasteiger partial charge in [-0.15, -0.1) is 0 Å². The Morgan fingerprint density at radius 3 is 2.81 bits per heavy atom. The number of aromatic nitrogens is 2. The average Bonchev–Trinajstić information content (AvgIpc) is 2.65. The molecular weight excluding hydrogens is 375 g/mol. The third-order valence-corrected chi connectivity index (χ3v) is 4.00. The molecule has 3 rings (SSSR count). The Bertz CT molecular complexity index is 971. The molecule has 1 heterocycles. The van der Waals surface area contributed by atoms with E-state index in [4.69, 9.17) is 27.9 Å². The zero-order chi connectivity index (χ0) is 18.4. The lowest BCUT2D eigenvalue weighted by Crippen LogP contribution is -2.10. The number of hydrogen-bond acceptors (Lipinski definition) is 5. The summed E-state index contributed by atoms with van der Waals surface area (Å²) in [4.78, 5) is 11.4. The first-order chi connectivity index (χ1) is 12.6. The smallest absolute Gasteiger partial charge is 0.285 e. The molecule has 0 spiro atoms. The maximum atomic E-state index is 11.4. The van der Waals surface area contributed by atoms with E-state index in [-0.39, 0.29) is 5.02 Å². The van der Waals surface area contributed by atoms with Gasteiger partial charge in [-0.05, 0) is 35.4 Å². The summed E-state index contributed by atoms with van der Waals surface area (Å²) in [5, 5.41) is 10.6. The highest BCUT2D eigenvalue weighted by Crippen LogP contribution is 2.17. The number of nitrogens with one attached hydrogen (secondary N) is 2. The van der Waals surface area contributed by atoms with Gasteiger partial charge in [-0.1, -0.05) is 47.5 Å². The highest BCUT2D eigenvalue weighted by atomic mass is 35.5. The first-order valence-electron chi connectivity index (χ1n) is 7.61. The number of H-pyrrole nitrogens is 1. The number of ether oxygens (including phenoxy) is 1. The van der Waals surface area contributed by atoms with Crippen LogP contribution in [0.4, 0.5) is 5.69 Å². The topological polar surface area (TPSA) is 79.4 Å². The zero-order valence-corrected chi connectivity index (χ0v) is 15.0. The van der Waals surface area contributed by atoms with E-state index in [1.807, 2.05) is 48.5 Å². The second kappa shape index (κ2) is 8.51. The molecule has 0 unspecified atom stereocenters. The average molecular weight is 389 g/mol. The van der Waals surface area contributed by atoms with E-state index in [0.717, 1.165) is 11.1 Å². The molecule has 3 aromatic rings.